The first-order valence-corrected chi connectivity index (χ1v) is 10.2. The fourth-order valence-corrected chi connectivity index (χ4v) is 3.29. The van der Waals surface area contributed by atoms with Gasteiger partial charge in [0.1, 0.15) is 0 Å². The zero-order valence-electron chi connectivity index (χ0n) is 16.6. The molecular weight excluding hydrogens is 416 g/mol. The number of anilines is 2. The summed E-state index contributed by atoms with van der Waals surface area (Å²) in [7, 11) is 0. The van der Waals surface area contributed by atoms with Gasteiger partial charge >= 0.3 is 17.8 Å². The van der Waals surface area contributed by atoms with Crippen LogP contribution in [0.5, 0.6) is 0 Å². The highest BCUT2D eigenvalue weighted by Crippen LogP contribution is 2.23. The molecule has 0 radical (unpaired) electrons. The van der Waals surface area contributed by atoms with E-state index in [9.17, 15) is 19.5 Å². The van der Waals surface area contributed by atoms with Crippen LogP contribution in [0, 0.1) is 6.92 Å². The third-order valence-electron chi connectivity index (χ3n) is 4.29. The van der Waals surface area contributed by atoms with Crippen molar-refractivity contribution in [3.63, 3.8) is 0 Å². The number of carbonyl (C=O) groups excluding carboxylic acids is 2. The monoisotopic (exact) mass is 436 g/mol. The van der Waals surface area contributed by atoms with E-state index in [2.05, 4.69) is 21.2 Å². The Kier molecular flexibility index (Phi) is 7.13. The second-order valence-electron chi connectivity index (χ2n) is 6.51. The second-order valence-corrected chi connectivity index (χ2v) is 7.54. The summed E-state index contributed by atoms with van der Waals surface area (Å²) >= 11 is 1.47. The fourth-order valence-electron chi connectivity index (χ4n) is 2.65. The highest BCUT2D eigenvalue weighted by Gasteiger charge is 2.13. The predicted octanol–water partition coefficient (Wildman–Crippen LogP) is 3.26. The molecule has 0 saturated carbocycles. The van der Waals surface area contributed by atoms with Crippen molar-refractivity contribution >= 4 is 46.7 Å². The van der Waals surface area contributed by atoms with Crippen LogP contribution in [-0.2, 0) is 16.1 Å². The van der Waals surface area contributed by atoms with Gasteiger partial charge in [0, 0.05) is 21.8 Å². The molecule has 0 saturated heterocycles. The average Bonchev–Trinajstić information content (AvgIpc) is 3.28. The van der Waals surface area contributed by atoms with Crippen molar-refractivity contribution in [2.45, 2.75) is 13.5 Å². The highest BCUT2D eigenvalue weighted by atomic mass is 32.1. The standard InChI is InChI=1S/C22H20N4O4S/c1-14-5-2-3-7-18(14)25-19-9-8-15(22(29)30)11-16(19)12-24-26-21(28)20(27)23-13-17-6-4-10-31-17/h2-12,25H,13H2,1H3,(H,23,27)(H,26,28)(H,29,30)/b24-12-. The summed E-state index contributed by atoms with van der Waals surface area (Å²) in [4.78, 5) is 36.1. The van der Waals surface area contributed by atoms with Crippen LogP contribution in [0.2, 0.25) is 0 Å². The molecule has 1 heterocycles. The number of benzene rings is 2. The van der Waals surface area contributed by atoms with Crippen molar-refractivity contribution in [3.05, 3.63) is 81.5 Å². The van der Waals surface area contributed by atoms with Crippen molar-refractivity contribution < 1.29 is 19.5 Å². The van der Waals surface area contributed by atoms with Gasteiger partial charge in [-0.3, -0.25) is 9.59 Å². The van der Waals surface area contributed by atoms with Gasteiger partial charge in [-0.15, -0.1) is 11.3 Å². The van der Waals surface area contributed by atoms with Crippen molar-refractivity contribution in [3.8, 4) is 0 Å². The van der Waals surface area contributed by atoms with E-state index in [0.717, 1.165) is 16.1 Å². The Bertz CT molecular complexity index is 1130. The summed E-state index contributed by atoms with van der Waals surface area (Å²) in [6.07, 6.45) is 1.29. The van der Waals surface area contributed by atoms with Crippen LogP contribution in [-0.4, -0.2) is 29.1 Å². The zero-order valence-corrected chi connectivity index (χ0v) is 17.4. The molecule has 9 heteroatoms. The smallest absolute Gasteiger partial charge is 0.335 e. The summed E-state index contributed by atoms with van der Waals surface area (Å²) in [5.74, 6) is -2.83. The number of nitrogens with zero attached hydrogens (tertiary/aromatic N) is 1. The van der Waals surface area contributed by atoms with Gasteiger partial charge in [0.05, 0.1) is 18.3 Å². The van der Waals surface area contributed by atoms with Gasteiger partial charge in [0.2, 0.25) is 0 Å². The van der Waals surface area contributed by atoms with Crippen LogP contribution >= 0.6 is 11.3 Å². The molecule has 8 nitrogen and oxygen atoms in total. The Labute approximate surface area is 182 Å². The normalized spacial score (nSPS) is 10.6. The number of hydrazone groups is 1. The fraction of sp³-hybridized carbons (Fsp3) is 0.0909. The van der Waals surface area contributed by atoms with Crippen LogP contribution in [0.25, 0.3) is 0 Å². The number of aromatic carboxylic acids is 1. The lowest BCUT2D eigenvalue weighted by Crippen LogP contribution is -2.37. The molecule has 158 valence electrons. The van der Waals surface area contributed by atoms with E-state index in [0.29, 0.717) is 11.3 Å². The molecular formula is C22H20N4O4S. The first-order valence-electron chi connectivity index (χ1n) is 9.27. The lowest BCUT2D eigenvalue weighted by atomic mass is 10.1. The van der Waals surface area contributed by atoms with Gasteiger partial charge in [-0.1, -0.05) is 24.3 Å². The maximum atomic E-state index is 11.9. The van der Waals surface area contributed by atoms with E-state index in [4.69, 9.17) is 0 Å². The average molecular weight is 436 g/mol. The minimum atomic E-state index is -1.09. The minimum Gasteiger partial charge on any atom is -0.478 e. The van der Waals surface area contributed by atoms with Crippen molar-refractivity contribution in [1.29, 1.82) is 0 Å². The molecule has 0 fully saturated rings. The SMILES string of the molecule is Cc1ccccc1Nc1ccc(C(=O)O)cc1/C=N\NC(=O)C(=O)NCc1cccs1. The molecule has 0 unspecified atom stereocenters. The van der Waals surface area contributed by atoms with Gasteiger partial charge in [-0.25, -0.2) is 10.2 Å². The summed E-state index contributed by atoms with van der Waals surface area (Å²) < 4.78 is 0. The summed E-state index contributed by atoms with van der Waals surface area (Å²) in [6, 6.07) is 15.8. The quantitative estimate of drug-likeness (QED) is 0.257. The number of aryl methyl sites for hydroxylation is 1. The Morgan fingerprint density at radius 2 is 1.84 bits per heavy atom. The molecule has 3 aromatic rings. The van der Waals surface area contributed by atoms with E-state index in [1.807, 2.05) is 48.7 Å². The molecule has 0 aliphatic rings. The van der Waals surface area contributed by atoms with Crippen LogP contribution in [0.15, 0.2) is 65.1 Å². The summed E-state index contributed by atoms with van der Waals surface area (Å²) in [5, 5.41) is 20.7. The molecule has 2 aromatic carbocycles. The Morgan fingerprint density at radius 1 is 1.03 bits per heavy atom. The third-order valence-corrected chi connectivity index (χ3v) is 5.17. The van der Waals surface area contributed by atoms with Crippen LogP contribution in [0.1, 0.15) is 26.4 Å². The molecule has 0 bridgehead atoms. The molecule has 4 N–H and O–H groups in total. The van der Waals surface area contributed by atoms with Crippen molar-refractivity contribution in [1.82, 2.24) is 10.7 Å². The number of amides is 2. The third kappa shape index (κ3) is 6.00. The number of rotatable bonds is 7. The first-order chi connectivity index (χ1) is 14.9. The number of nitrogens with one attached hydrogen (secondary N) is 3. The number of hydrogen-bond donors (Lipinski definition) is 4. The minimum absolute atomic E-state index is 0.0665. The van der Waals surface area contributed by atoms with Gasteiger partial charge in [-0.05, 0) is 48.2 Å². The van der Waals surface area contributed by atoms with Crippen LogP contribution in [0.4, 0.5) is 11.4 Å². The molecule has 31 heavy (non-hydrogen) atoms. The maximum absolute atomic E-state index is 11.9. The van der Waals surface area contributed by atoms with Gasteiger partial charge < -0.3 is 15.7 Å². The van der Waals surface area contributed by atoms with E-state index in [-0.39, 0.29) is 12.1 Å². The van der Waals surface area contributed by atoms with Crippen LogP contribution < -0.4 is 16.1 Å². The van der Waals surface area contributed by atoms with Gasteiger partial charge in [0.15, 0.2) is 0 Å². The molecule has 3 rings (SSSR count). The van der Waals surface area contributed by atoms with Crippen molar-refractivity contribution in [2.75, 3.05) is 5.32 Å². The molecule has 2 amide bonds. The van der Waals surface area contributed by atoms with E-state index in [1.54, 1.807) is 6.07 Å². The topological polar surface area (TPSA) is 120 Å². The highest BCUT2D eigenvalue weighted by molar-refractivity contribution is 7.09. The van der Waals surface area contributed by atoms with E-state index in [1.165, 1.54) is 29.7 Å². The number of thiophene rings is 1. The number of carbonyl (C=O) groups is 3. The number of hydrogen-bond acceptors (Lipinski definition) is 6. The molecule has 0 atom stereocenters. The van der Waals surface area contributed by atoms with E-state index < -0.39 is 17.8 Å². The first kappa shape index (κ1) is 21.7. The van der Waals surface area contributed by atoms with Crippen LogP contribution in [0.3, 0.4) is 0 Å². The lowest BCUT2D eigenvalue weighted by Gasteiger charge is -2.12. The van der Waals surface area contributed by atoms with E-state index >= 15 is 0 Å². The van der Waals surface area contributed by atoms with Gasteiger partial charge in [0.25, 0.3) is 0 Å². The lowest BCUT2D eigenvalue weighted by molar-refractivity contribution is -0.139. The largest absolute Gasteiger partial charge is 0.478 e. The number of para-hydroxylation sites is 1. The Morgan fingerprint density at radius 3 is 2.55 bits per heavy atom. The summed E-state index contributed by atoms with van der Waals surface area (Å²) in [5.41, 5.74) is 5.10. The Balaban J connectivity index is 1.70. The van der Waals surface area contributed by atoms with Crippen molar-refractivity contribution in [2.24, 2.45) is 5.10 Å². The number of carboxylic acids is 1. The predicted molar refractivity (Wildman–Crippen MR) is 120 cm³/mol. The molecule has 0 aliphatic carbocycles. The molecule has 1 aromatic heterocycles. The summed E-state index contributed by atoms with van der Waals surface area (Å²) in [6.45, 7) is 2.19. The Hall–Kier alpha value is -3.98. The molecule has 0 spiro atoms. The van der Waals surface area contributed by atoms with Gasteiger partial charge in [-0.2, -0.15) is 5.10 Å². The zero-order chi connectivity index (χ0) is 22.2. The maximum Gasteiger partial charge on any atom is 0.335 e. The molecule has 0 aliphatic heterocycles. The number of carboxylic acid groups (broad SMARTS) is 1. The second kappa shape index (κ2) is 10.2.